The number of nitrogens with two attached hydrogens (primary N) is 1. The van der Waals surface area contributed by atoms with Gasteiger partial charge in [-0.3, -0.25) is 13.8 Å². The standard InChI is InChI=1S/C47H85N2O6P/c1-3-5-7-9-11-13-15-17-19-21-22-23-24-25-27-29-31-33-35-37-39-41-47(51)49-45(44-55-56(52,53)54-43-42-48)46(50)40-38-36-34-32-30-28-26-20-18-16-14-12-10-8-6-4-2/h5,7,11,13,17,19,22-23,25,27,38,40,45-46,50H,3-4,6,8-10,12,14-16,18,20-21,24,26,28-37,39,41-44,48H2,1-2H3,(H,49,51)(H,52,53)/b7-5-,13-11-,19-17-,23-22-,27-25-,40-38+. The van der Waals surface area contributed by atoms with Gasteiger partial charge in [0.1, 0.15) is 0 Å². The van der Waals surface area contributed by atoms with E-state index in [2.05, 4.69) is 79.9 Å². The maximum absolute atomic E-state index is 12.8. The Bertz CT molecular complexity index is 1100. The van der Waals surface area contributed by atoms with Crippen LogP contribution in [0, 0.1) is 0 Å². The second kappa shape index (κ2) is 42.5. The van der Waals surface area contributed by atoms with Crippen molar-refractivity contribution in [1.82, 2.24) is 5.32 Å². The number of rotatable bonds is 41. The van der Waals surface area contributed by atoms with Gasteiger partial charge in [-0.25, -0.2) is 4.57 Å². The Labute approximate surface area is 344 Å². The third kappa shape index (κ3) is 40.1. The molecule has 0 aliphatic heterocycles. The maximum atomic E-state index is 12.8. The number of aliphatic hydroxyl groups excluding tert-OH is 1. The van der Waals surface area contributed by atoms with E-state index in [0.29, 0.717) is 6.42 Å². The number of unbranched alkanes of at least 4 members (excludes halogenated alkanes) is 19. The molecule has 9 heteroatoms. The van der Waals surface area contributed by atoms with Crippen molar-refractivity contribution in [1.29, 1.82) is 0 Å². The van der Waals surface area contributed by atoms with Crippen molar-refractivity contribution in [3.8, 4) is 0 Å². The van der Waals surface area contributed by atoms with Gasteiger partial charge in [0, 0.05) is 13.0 Å². The summed E-state index contributed by atoms with van der Waals surface area (Å²) in [5, 5.41) is 13.7. The largest absolute Gasteiger partial charge is 0.472 e. The van der Waals surface area contributed by atoms with E-state index in [1.807, 2.05) is 6.08 Å². The lowest BCUT2D eigenvalue weighted by Gasteiger charge is -2.23. The molecule has 0 bridgehead atoms. The molecule has 0 aromatic heterocycles. The summed E-state index contributed by atoms with van der Waals surface area (Å²) in [6.45, 7) is 4.00. The van der Waals surface area contributed by atoms with Crippen LogP contribution >= 0.6 is 7.82 Å². The molecular formula is C47H85N2O6P. The van der Waals surface area contributed by atoms with Crippen LogP contribution in [0.2, 0.25) is 0 Å². The Balaban J connectivity index is 4.26. The lowest BCUT2D eigenvalue weighted by atomic mass is 10.0. The van der Waals surface area contributed by atoms with E-state index >= 15 is 0 Å². The van der Waals surface area contributed by atoms with Gasteiger partial charge in [-0.15, -0.1) is 0 Å². The number of amides is 1. The molecular weight excluding hydrogens is 719 g/mol. The molecule has 1 amide bonds. The number of hydrogen-bond donors (Lipinski definition) is 4. The first kappa shape index (κ1) is 53.9. The summed E-state index contributed by atoms with van der Waals surface area (Å²) < 4.78 is 22.1. The van der Waals surface area contributed by atoms with E-state index in [9.17, 15) is 19.4 Å². The van der Waals surface area contributed by atoms with Crippen molar-refractivity contribution >= 4 is 13.7 Å². The lowest BCUT2D eigenvalue weighted by Crippen LogP contribution is -2.45. The fourth-order valence-electron chi connectivity index (χ4n) is 6.16. The molecule has 0 radical (unpaired) electrons. The molecule has 5 N–H and O–H groups in total. The number of hydrogen-bond acceptors (Lipinski definition) is 6. The van der Waals surface area contributed by atoms with E-state index in [1.165, 1.54) is 77.0 Å². The molecule has 3 unspecified atom stereocenters. The SMILES string of the molecule is CC/C=C\C/C=C\C/C=C\C/C=C\C/C=C\CCCCCCCC(=O)NC(COP(=O)(O)OCCN)C(O)/C=C/CCCCCCCCCCCCCCCC. The average Bonchev–Trinajstić information content (AvgIpc) is 3.19. The van der Waals surface area contributed by atoms with Gasteiger partial charge in [-0.1, -0.05) is 189 Å². The summed E-state index contributed by atoms with van der Waals surface area (Å²) >= 11 is 0. The quantitative estimate of drug-likeness (QED) is 0.0275. The predicted octanol–water partition coefficient (Wildman–Crippen LogP) is 12.8. The Morgan fingerprint density at radius 3 is 1.52 bits per heavy atom. The zero-order valence-electron chi connectivity index (χ0n) is 35.8. The van der Waals surface area contributed by atoms with Crippen LogP contribution in [-0.2, 0) is 18.4 Å². The van der Waals surface area contributed by atoms with Crippen molar-refractivity contribution < 1.29 is 28.4 Å². The third-order valence-corrected chi connectivity index (χ3v) is 10.5. The minimum Gasteiger partial charge on any atom is -0.387 e. The highest BCUT2D eigenvalue weighted by atomic mass is 31.2. The highest BCUT2D eigenvalue weighted by Gasteiger charge is 2.26. The van der Waals surface area contributed by atoms with Crippen LogP contribution in [0.3, 0.4) is 0 Å². The first-order valence-electron chi connectivity index (χ1n) is 22.6. The van der Waals surface area contributed by atoms with Crippen LogP contribution in [0.5, 0.6) is 0 Å². The van der Waals surface area contributed by atoms with Crippen LogP contribution < -0.4 is 11.1 Å². The summed E-state index contributed by atoms with van der Waals surface area (Å²) in [6.07, 6.45) is 55.2. The van der Waals surface area contributed by atoms with Gasteiger partial charge in [0.2, 0.25) is 5.91 Å². The van der Waals surface area contributed by atoms with Crippen LogP contribution in [-0.4, -0.2) is 47.8 Å². The van der Waals surface area contributed by atoms with Crippen molar-refractivity contribution in [2.24, 2.45) is 5.73 Å². The molecule has 324 valence electrons. The van der Waals surface area contributed by atoms with Gasteiger partial charge in [0.05, 0.1) is 25.4 Å². The van der Waals surface area contributed by atoms with Crippen molar-refractivity contribution in [2.75, 3.05) is 19.8 Å². The number of phosphoric acid groups is 1. The zero-order chi connectivity index (χ0) is 41.1. The van der Waals surface area contributed by atoms with Crippen molar-refractivity contribution in [3.05, 3.63) is 72.9 Å². The van der Waals surface area contributed by atoms with Crippen LogP contribution in [0.4, 0.5) is 0 Å². The molecule has 8 nitrogen and oxygen atoms in total. The van der Waals surface area contributed by atoms with Gasteiger partial charge in [0.25, 0.3) is 0 Å². The van der Waals surface area contributed by atoms with Gasteiger partial charge >= 0.3 is 7.82 Å². The molecule has 0 spiro atoms. The first-order valence-corrected chi connectivity index (χ1v) is 24.1. The van der Waals surface area contributed by atoms with Crippen molar-refractivity contribution in [2.45, 2.75) is 199 Å². The number of aliphatic hydroxyl groups is 1. The summed E-state index contributed by atoms with van der Waals surface area (Å²) in [6, 6.07) is -0.875. The third-order valence-electron chi connectivity index (χ3n) is 9.54. The number of carbonyl (C=O) groups is 1. The van der Waals surface area contributed by atoms with E-state index in [4.69, 9.17) is 14.8 Å². The van der Waals surface area contributed by atoms with E-state index in [-0.39, 0.29) is 25.7 Å². The molecule has 56 heavy (non-hydrogen) atoms. The summed E-state index contributed by atoms with van der Waals surface area (Å²) in [5.41, 5.74) is 5.38. The smallest absolute Gasteiger partial charge is 0.387 e. The molecule has 3 atom stereocenters. The number of carbonyl (C=O) groups excluding carboxylic acids is 1. The summed E-state index contributed by atoms with van der Waals surface area (Å²) in [5.74, 6) is -0.215. The molecule has 0 saturated heterocycles. The molecule has 0 aromatic carbocycles. The fraction of sp³-hybridized carbons (Fsp3) is 0.723. The lowest BCUT2D eigenvalue weighted by molar-refractivity contribution is -0.123. The highest BCUT2D eigenvalue weighted by Crippen LogP contribution is 2.43. The van der Waals surface area contributed by atoms with Gasteiger partial charge in [-0.2, -0.15) is 0 Å². The highest BCUT2D eigenvalue weighted by molar-refractivity contribution is 7.47. The van der Waals surface area contributed by atoms with Crippen molar-refractivity contribution in [3.63, 3.8) is 0 Å². The van der Waals surface area contributed by atoms with Gasteiger partial charge in [-0.05, 0) is 64.2 Å². The second-order valence-corrected chi connectivity index (χ2v) is 16.3. The average molecular weight is 805 g/mol. The van der Waals surface area contributed by atoms with E-state index in [1.54, 1.807) is 6.08 Å². The molecule has 0 fully saturated rings. The first-order chi connectivity index (χ1) is 27.4. The van der Waals surface area contributed by atoms with Gasteiger partial charge in [0.15, 0.2) is 0 Å². The van der Waals surface area contributed by atoms with E-state index in [0.717, 1.165) is 89.9 Å². The number of nitrogens with one attached hydrogen (secondary N) is 1. The molecule has 0 aromatic rings. The molecule has 0 rings (SSSR count). The van der Waals surface area contributed by atoms with Crippen LogP contribution in [0.25, 0.3) is 0 Å². The zero-order valence-corrected chi connectivity index (χ0v) is 36.7. The number of allylic oxidation sites excluding steroid dienone is 11. The molecule has 0 aliphatic rings. The predicted molar refractivity (Wildman–Crippen MR) is 240 cm³/mol. The molecule has 0 aliphatic carbocycles. The Hall–Kier alpha value is -2.06. The maximum Gasteiger partial charge on any atom is 0.472 e. The Kier molecular flexibility index (Phi) is 41.0. The second-order valence-electron chi connectivity index (χ2n) is 14.9. The van der Waals surface area contributed by atoms with Gasteiger partial charge < -0.3 is 21.1 Å². The fourth-order valence-corrected chi connectivity index (χ4v) is 6.92. The normalized spacial score (nSPS) is 14.7. The number of phosphoric ester groups is 1. The summed E-state index contributed by atoms with van der Waals surface area (Å²) in [4.78, 5) is 22.7. The Morgan fingerprint density at radius 1 is 0.607 bits per heavy atom. The Morgan fingerprint density at radius 2 is 1.04 bits per heavy atom. The molecule has 0 saturated carbocycles. The molecule has 0 heterocycles. The monoisotopic (exact) mass is 805 g/mol. The topological polar surface area (TPSA) is 131 Å². The van der Waals surface area contributed by atoms with E-state index < -0.39 is 20.0 Å². The van der Waals surface area contributed by atoms with Crippen LogP contribution in [0.15, 0.2) is 72.9 Å². The van der Waals surface area contributed by atoms with Crippen LogP contribution in [0.1, 0.15) is 187 Å². The summed E-state index contributed by atoms with van der Waals surface area (Å²) in [7, 11) is -4.35. The minimum absolute atomic E-state index is 0.0715. The minimum atomic E-state index is -4.35.